The molecule has 4 aromatic rings. The van der Waals surface area contributed by atoms with Gasteiger partial charge in [-0.3, -0.25) is 4.79 Å². The highest BCUT2D eigenvalue weighted by molar-refractivity contribution is 6.34. The van der Waals surface area contributed by atoms with Gasteiger partial charge in [0.05, 0.1) is 40.2 Å². The lowest BCUT2D eigenvalue weighted by atomic mass is 9.99. The second kappa shape index (κ2) is 8.99. The molecule has 174 valence electrons. The predicted molar refractivity (Wildman–Crippen MR) is 128 cm³/mol. The molecule has 4 nitrogen and oxygen atoms in total. The van der Waals surface area contributed by atoms with Crippen molar-refractivity contribution in [3.63, 3.8) is 0 Å². The number of hydrogen-bond acceptors (Lipinski definition) is 3. The maximum atomic E-state index is 13.3. The number of fused-ring (bicyclic) bond motifs is 1. The Morgan fingerprint density at radius 3 is 2.35 bits per heavy atom. The summed E-state index contributed by atoms with van der Waals surface area (Å²) in [6, 6.07) is 15.4. The molecule has 0 fully saturated rings. The van der Waals surface area contributed by atoms with E-state index < -0.39 is 17.6 Å². The van der Waals surface area contributed by atoms with Crippen molar-refractivity contribution >= 4 is 34.1 Å². The van der Waals surface area contributed by atoms with Crippen LogP contribution in [-0.2, 0) is 6.18 Å². The number of halogens is 4. The second-order valence-electron chi connectivity index (χ2n) is 7.91. The van der Waals surface area contributed by atoms with Crippen LogP contribution in [-0.4, -0.2) is 18.0 Å². The summed E-state index contributed by atoms with van der Waals surface area (Å²) in [6.07, 6.45) is -4.57. The van der Waals surface area contributed by atoms with Gasteiger partial charge < -0.3 is 10.1 Å². The van der Waals surface area contributed by atoms with Crippen LogP contribution in [0.5, 0.6) is 5.75 Å². The Morgan fingerprint density at radius 1 is 1.00 bits per heavy atom. The van der Waals surface area contributed by atoms with Crippen molar-refractivity contribution < 1.29 is 22.7 Å². The normalized spacial score (nSPS) is 11.5. The molecule has 4 rings (SSSR count). The summed E-state index contributed by atoms with van der Waals surface area (Å²) in [5.74, 6) is 0.0851. The second-order valence-corrected chi connectivity index (χ2v) is 8.32. The number of rotatable bonds is 4. The van der Waals surface area contributed by atoms with E-state index >= 15 is 0 Å². The van der Waals surface area contributed by atoms with E-state index in [2.05, 4.69) is 5.32 Å². The van der Waals surface area contributed by atoms with Crippen LogP contribution >= 0.6 is 11.6 Å². The number of aryl methyl sites for hydroxylation is 2. The molecule has 0 aliphatic rings. The van der Waals surface area contributed by atoms with Crippen LogP contribution in [0.4, 0.5) is 18.9 Å². The monoisotopic (exact) mass is 484 g/mol. The van der Waals surface area contributed by atoms with E-state index in [1.807, 2.05) is 38.1 Å². The number of carbonyl (C=O) groups is 1. The molecule has 0 spiro atoms. The van der Waals surface area contributed by atoms with E-state index in [9.17, 15) is 18.0 Å². The third-order valence-electron chi connectivity index (χ3n) is 5.42. The van der Waals surface area contributed by atoms with Gasteiger partial charge in [0.2, 0.25) is 0 Å². The summed E-state index contributed by atoms with van der Waals surface area (Å²) in [4.78, 5) is 18.1. The van der Waals surface area contributed by atoms with Crippen LogP contribution in [0.3, 0.4) is 0 Å². The molecule has 0 bridgehead atoms. The van der Waals surface area contributed by atoms with E-state index in [4.69, 9.17) is 21.3 Å². The first-order chi connectivity index (χ1) is 16.1. The Hall–Kier alpha value is -3.58. The van der Waals surface area contributed by atoms with Crippen molar-refractivity contribution in [3.05, 3.63) is 87.9 Å². The van der Waals surface area contributed by atoms with E-state index in [0.29, 0.717) is 22.3 Å². The molecule has 3 aromatic carbocycles. The minimum Gasteiger partial charge on any atom is -0.497 e. The predicted octanol–water partition coefficient (Wildman–Crippen LogP) is 7.45. The topological polar surface area (TPSA) is 51.2 Å². The molecule has 0 radical (unpaired) electrons. The van der Waals surface area contributed by atoms with Crippen molar-refractivity contribution in [2.45, 2.75) is 20.0 Å². The quantitative estimate of drug-likeness (QED) is 0.327. The van der Waals surface area contributed by atoms with Gasteiger partial charge in [0.15, 0.2) is 0 Å². The zero-order valence-electron chi connectivity index (χ0n) is 18.5. The molecule has 0 aliphatic heterocycles. The van der Waals surface area contributed by atoms with Gasteiger partial charge in [-0.2, -0.15) is 13.2 Å². The minimum absolute atomic E-state index is 0.00227. The van der Waals surface area contributed by atoms with Crippen molar-refractivity contribution in [1.82, 2.24) is 4.98 Å². The molecular weight excluding hydrogens is 465 g/mol. The molecule has 0 unspecified atom stereocenters. The minimum atomic E-state index is -4.57. The fraction of sp³-hybridized carbons (Fsp3) is 0.154. The smallest absolute Gasteiger partial charge is 0.416 e. The van der Waals surface area contributed by atoms with Crippen molar-refractivity contribution in [2.75, 3.05) is 12.4 Å². The van der Waals surface area contributed by atoms with E-state index in [1.165, 1.54) is 0 Å². The number of hydrogen-bond donors (Lipinski definition) is 1. The van der Waals surface area contributed by atoms with Crippen LogP contribution in [0.2, 0.25) is 5.02 Å². The molecule has 34 heavy (non-hydrogen) atoms. The van der Waals surface area contributed by atoms with Gasteiger partial charge in [0.1, 0.15) is 5.75 Å². The molecule has 0 aliphatic carbocycles. The number of alkyl halides is 3. The molecule has 1 heterocycles. The third-order valence-corrected chi connectivity index (χ3v) is 5.75. The summed E-state index contributed by atoms with van der Waals surface area (Å²) in [6.45, 7) is 3.79. The number of anilines is 1. The Labute approximate surface area is 199 Å². The van der Waals surface area contributed by atoms with Gasteiger partial charge >= 0.3 is 6.18 Å². The first-order valence-electron chi connectivity index (χ1n) is 10.3. The maximum absolute atomic E-state index is 13.3. The number of carbonyl (C=O) groups excluding carboxylic acids is 1. The van der Waals surface area contributed by atoms with Gasteiger partial charge in [0, 0.05) is 10.9 Å². The van der Waals surface area contributed by atoms with Gasteiger partial charge in [-0.15, -0.1) is 0 Å². The number of benzene rings is 3. The highest BCUT2D eigenvalue weighted by Gasteiger charge is 2.31. The number of methoxy groups -OCH3 is 1. The van der Waals surface area contributed by atoms with Crippen molar-refractivity contribution in [3.8, 4) is 17.0 Å². The number of nitrogens with zero attached hydrogens (tertiary/aromatic N) is 1. The average Bonchev–Trinajstić information content (AvgIpc) is 2.79. The lowest BCUT2D eigenvalue weighted by Crippen LogP contribution is -2.15. The summed E-state index contributed by atoms with van der Waals surface area (Å²) in [5, 5.41) is 3.14. The van der Waals surface area contributed by atoms with Crippen LogP contribution in [0.1, 0.15) is 27.0 Å². The third kappa shape index (κ3) is 4.70. The molecule has 8 heteroatoms. The van der Waals surface area contributed by atoms with Gasteiger partial charge in [-0.05, 0) is 74.0 Å². The maximum Gasteiger partial charge on any atom is 0.416 e. The summed E-state index contributed by atoms with van der Waals surface area (Å²) >= 11 is 6.10. The van der Waals surface area contributed by atoms with E-state index in [-0.39, 0.29) is 16.3 Å². The molecule has 0 saturated carbocycles. The Kier molecular flexibility index (Phi) is 6.23. The lowest BCUT2D eigenvalue weighted by molar-refractivity contribution is -0.137. The molecular formula is C26H20ClF3N2O2. The van der Waals surface area contributed by atoms with Crippen LogP contribution in [0.15, 0.2) is 60.7 Å². The van der Waals surface area contributed by atoms with Crippen LogP contribution < -0.4 is 10.1 Å². The molecule has 1 aromatic heterocycles. The molecule has 0 atom stereocenters. The average molecular weight is 485 g/mol. The Bertz CT molecular complexity index is 1400. The fourth-order valence-corrected chi connectivity index (χ4v) is 3.93. The molecule has 0 saturated heterocycles. The summed E-state index contributed by atoms with van der Waals surface area (Å²) in [5.41, 5.74) is 2.97. The zero-order chi connectivity index (χ0) is 24.6. The van der Waals surface area contributed by atoms with Crippen molar-refractivity contribution in [2.24, 2.45) is 0 Å². The number of pyridine rings is 1. The zero-order valence-corrected chi connectivity index (χ0v) is 19.3. The van der Waals surface area contributed by atoms with Crippen molar-refractivity contribution in [1.29, 1.82) is 0 Å². The largest absolute Gasteiger partial charge is 0.497 e. The number of nitrogens with one attached hydrogen (secondary N) is 1. The fourth-order valence-electron chi connectivity index (χ4n) is 3.77. The lowest BCUT2D eigenvalue weighted by Gasteiger charge is -2.15. The standard InChI is InChI=1S/C26H20ClF3N2O2/c1-14-10-15(2)24-19(11-14)20(13-22(31-24)16-4-7-18(34-3)8-5-16)25(33)32-23-12-17(26(28,29)30)6-9-21(23)27/h4-13H,1-3H3,(H,32,33). The summed E-state index contributed by atoms with van der Waals surface area (Å²) in [7, 11) is 1.57. The van der Waals surface area contributed by atoms with Crippen LogP contribution in [0.25, 0.3) is 22.2 Å². The summed E-state index contributed by atoms with van der Waals surface area (Å²) < 4.78 is 44.7. The van der Waals surface area contributed by atoms with Gasteiger partial charge in [-0.25, -0.2) is 4.98 Å². The SMILES string of the molecule is COc1ccc(-c2cc(C(=O)Nc3cc(C(F)(F)F)ccc3Cl)c3cc(C)cc(C)c3n2)cc1. The molecule has 1 amide bonds. The van der Waals surface area contributed by atoms with E-state index in [1.54, 1.807) is 25.3 Å². The highest BCUT2D eigenvalue weighted by Crippen LogP contribution is 2.35. The molecule has 1 N–H and O–H groups in total. The first kappa shape index (κ1) is 23.6. The van der Waals surface area contributed by atoms with Gasteiger partial charge in [-0.1, -0.05) is 23.2 Å². The Morgan fingerprint density at radius 2 is 1.71 bits per heavy atom. The number of ether oxygens (including phenoxy) is 1. The Balaban J connectivity index is 1.84. The van der Waals surface area contributed by atoms with Crippen LogP contribution in [0, 0.1) is 13.8 Å². The first-order valence-corrected chi connectivity index (χ1v) is 10.7. The van der Waals surface area contributed by atoms with E-state index in [0.717, 1.165) is 34.9 Å². The van der Waals surface area contributed by atoms with Gasteiger partial charge in [0.25, 0.3) is 5.91 Å². The number of aromatic nitrogens is 1. The number of amides is 1. The highest BCUT2D eigenvalue weighted by atomic mass is 35.5.